The van der Waals surface area contributed by atoms with Gasteiger partial charge in [0.2, 0.25) is 0 Å². The normalized spacial score (nSPS) is 13.3. The summed E-state index contributed by atoms with van der Waals surface area (Å²) in [5.74, 6) is 6.23. The Morgan fingerprint density at radius 1 is 1.33 bits per heavy atom. The number of hydrogen-bond acceptors (Lipinski definition) is 3. The van der Waals surface area contributed by atoms with Crippen LogP contribution < -0.4 is 4.90 Å². The Morgan fingerprint density at radius 2 is 2.11 bits per heavy atom. The Balaban J connectivity index is 1.94. The first-order valence-corrected chi connectivity index (χ1v) is 9.93. The number of rotatable bonds is 3. The molecule has 6 heteroatoms. The summed E-state index contributed by atoms with van der Waals surface area (Å²) < 4.78 is 2.93. The van der Waals surface area contributed by atoms with E-state index in [2.05, 4.69) is 58.6 Å². The number of pyridine rings is 1. The van der Waals surface area contributed by atoms with E-state index in [0.29, 0.717) is 11.7 Å². The average Bonchev–Trinajstić information content (AvgIpc) is 3.42. The first-order chi connectivity index (χ1) is 13.0. The highest BCUT2D eigenvalue weighted by Gasteiger charge is 2.31. The molecule has 3 aromatic rings. The monoisotopic (exact) mass is 470 g/mol. The lowest BCUT2D eigenvalue weighted by Gasteiger charge is -2.24. The molecule has 0 saturated heterocycles. The van der Waals surface area contributed by atoms with Crippen molar-refractivity contribution in [1.82, 2.24) is 14.8 Å². The van der Waals surface area contributed by atoms with Crippen LogP contribution in [0.2, 0.25) is 0 Å². The van der Waals surface area contributed by atoms with Crippen LogP contribution in [0.25, 0.3) is 11.0 Å². The highest BCUT2D eigenvalue weighted by atomic mass is 127. The molecule has 1 aromatic carbocycles. The predicted molar refractivity (Wildman–Crippen MR) is 115 cm³/mol. The van der Waals surface area contributed by atoms with Crippen molar-refractivity contribution in [2.45, 2.75) is 32.6 Å². The number of carbonyl (C=O) groups is 1. The van der Waals surface area contributed by atoms with Gasteiger partial charge in [-0.3, -0.25) is 14.4 Å². The van der Waals surface area contributed by atoms with E-state index in [-0.39, 0.29) is 5.91 Å². The Bertz CT molecular complexity index is 1120. The minimum absolute atomic E-state index is 0.269. The molecule has 4 rings (SSSR count). The van der Waals surface area contributed by atoms with Gasteiger partial charge in [-0.25, -0.2) is 4.98 Å². The zero-order chi connectivity index (χ0) is 19.1. The van der Waals surface area contributed by atoms with E-state index < -0.39 is 0 Å². The molecule has 27 heavy (non-hydrogen) atoms. The van der Waals surface area contributed by atoms with E-state index in [1.165, 1.54) is 9.13 Å². The van der Waals surface area contributed by atoms with Gasteiger partial charge in [0.1, 0.15) is 5.82 Å². The first kappa shape index (κ1) is 18.0. The fourth-order valence-corrected chi connectivity index (χ4v) is 3.72. The predicted octanol–water partition coefficient (Wildman–Crippen LogP) is 4.45. The SMILES string of the molecule is CC#CC(=O)N(c1ccc2cnn(C)c2n1)c1cc(C)c(I)cc1C1CC1. The molecule has 0 bridgehead atoms. The molecule has 136 valence electrons. The summed E-state index contributed by atoms with van der Waals surface area (Å²) in [6.07, 6.45) is 4.08. The van der Waals surface area contributed by atoms with E-state index >= 15 is 0 Å². The lowest BCUT2D eigenvalue weighted by Crippen LogP contribution is -2.26. The van der Waals surface area contributed by atoms with Crippen molar-refractivity contribution in [2.75, 3.05) is 4.90 Å². The van der Waals surface area contributed by atoms with Crippen molar-refractivity contribution in [3.63, 3.8) is 0 Å². The third kappa shape index (κ3) is 3.32. The second kappa shape index (κ2) is 6.97. The number of nitrogens with zero attached hydrogens (tertiary/aromatic N) is 4. The van der Waals surface area contributed by atoms with Crippen LogP contribution in [0.15, 0.2) is 30.5 Å². The van der Waals surface area contributed by atoms with E-state index in [0.717, 1.165) is 35.1 Å². The summed E-state index contributed by atoms with van der Waals surface area (Å²) in [4.78, 5) is 19.4. The number of fused-ring (bicyclic) bond motifs is 1. The van der Waals surface area contributed by atoms with Crippen LogP contribution in [-0.4, -0.2) is 20.7 Å². The van der Waals surface area contributed by atoms with Crippen molar-refractivity contribution >= 4 is 51.0 Å². The van der Waals surface area contributed by atoms with Crippen molar-refractivity contribution < 1.29 is 4.79 Å². The zero-order valence-electron chi connectivity index (χ0n) is 15.5. The fourth-order valence-electron chi connectivity index (χ4n) is 3.23. The molecule has 1 aliphatic carbocycles. The van der Waals surface area contributed by atoms with Crippen LogP contribution in [0.5, 0.6) is 0 Å². The van der Waals surface area contributed by atoms with Gasteiger partial charge in [-0.05, 0) is 96.5 Å². The van der Waals surface area contributed by atoms with Crippen molar-refractivity contribution in [3.05, 3.63) is 45.2 Å². The number of hydrogen-bond donors (Lipinski definition) is 0. The maximum atomic E-state index is 13.0. The van der Waals surface area contributed by atoms with Crippen LogP contribution in [0, 0.1) is 22.3 Å². The number of amides is 1. The lowest BCUT2D eigenvalue weighted by molar-refractivity contribution is -0.112. The summed E-state index contributed by atoms with van der Waals surface area (Å²) in [6.45, 7) is 3.74. The number of anilines is 2. The van der Waals surface area contributed by atoms with E-state index in [9.17, 15) is 4.79 Å². The number of halogens is 1. The minimum atomic E-state index is -0.269. The molecule has 1 saturated carbocycles. The highest BCUT2D eigenvalue weighted by Crippen LogP contribution is 2.46. The van der Waals surface area contributed by atoms with Crippen molar-refractivity contribution in [3.8, 4) is 11.8 Å². The van der Waals surface area contributed by atoms with Crippen LogP contribution in [0.1, 0.15) is 36.8 Å². The summed E-state index contributed by atoms with van der Waals surface area (Å²) in [6, 6.07) is 8.09. The van der Waals surface area contributed by atoms with E-state index in [1.807, 2.05) is 19.2 Å². The number of benzene rings is 1. The minimum Gasteiger partial charge on any atom is -0.258 e. The van der Waals surface area contributed by atoms with Crippen molar-refractivity contribution in [1.29, 1.82) is 0 Å². The summed E-state index contributed by atoms with van der Waals surface area (Å²) in [5.41, 5.74) is 3.96. The Labute approximate surface area is 171 Å². The molecule has 2 aromatic heterocycles. The fraction of sp³-hybridized carbons (Fsp3) is 0.286. The van der Waals surface area contributed by atoms with Gasteiger partial charge >= 0.3 is 5.91 Å². The van der Waals surface area contributed by atoms with Crippen LogP contribution in [0.3, 0.4) is 0 Å². The molecule has 5 nitrogen and oxygen atoms in total. The van der Waals surface area contributed by atoms with Crippen LogP contribution in [0.4, 0.5) is 11.5 Å². The van der Waals surface area contributed by atoms with Crippen LogP contribution in [-0.2, 0) is 11.8 Å². The van der Waals surface area contributed by atoms with Gasteiger partial charge < -0.3 is 0 Å². The number of aryl methyl sites for hydroxylation is 2. The average molecular weight is 470 g/mol. The lowest BCUT2D eigenvalue weighted by atomic mass is 10.0. The smallest absolute Gasteiger partial charge is 0.258 e. The molecule has 2 heterocycles. The first-order valence-electron chi connectivity index (χ1n) is 8.85. The topological polar surface area (TPSA) is 51.0 Å². The summed E-state index contributed by atoms with van der Waals surface area (Å²) in [7, 11) is 1.85. The Hall–Kier alpha value is -2.40. The number of aromatic nitrogens is 3. The number of carbonyl (C=O) groups excluding carboxylic acids is 1. The van der Waals surface area contributed by atoms with Gasteiger partial charge in [0.25, 0.3) is 0 Å². The highest BCUT2D eigenvalue weighted by molar-refractivity contribution is 14.1. The molecule has 0 spiro atoms. The van der Waals surface area contributed by atoms with E-state index in [4.69, 9.17) is 4.98 Å². The van der Waals surface area contributed by atoms with Gasteiger partial charge in [-0.2, -0.15) is 5.10 Å². The quantitative estimate of drug-likeness (QED) is 0.420. The second-order valence-corrected chi connectivity index (χ2v) is 7.96. The molecule has 0 N–H and O–H groups in total. The molecule has 0 atom stereocenters. The van der Waals surface area contributed by atoms with Gasteiger partial charge in [-0.15, -0.1) is 0 Å². The third-order valence-corrected chi connectivity index (χ3v) is 5.96. The molecule has 0 radical (unpaired) electrons. The molecular weight excluding hydrogens is 451 g/mol. The zero-order valence-corrected chi connectivity index (χ0v) is 17.6. The molecule has 1 amide bonds. The van der Waals surface area contributed by atoms with Gasteiger partial charge in [0, 0.05) is 16.0 Å². The summed E-state index contributed by atoms with van der Waals surface area (Å²) in [5, 5.41) is 5.19. The van der Waals surface area contributed by atoms with Gasteiger partial charge in [0.15, 0.2) is 5.65 Å². The molecular formula is C21H19IN4O. The third-order valence-electron chi connectivity index (χ3n) is 4.80. The molecule has 0 aliphatic heterocycles. The van der Waals surface area contributed by atoms with Crippen LogP contribution >= 0.6 is 22.6 Å². The van der Waals surface area contributed by atoms with E-state index in [1.54, 1.807) is 22.7 Å². The standard InChI is InChI=1S/C21H19IN4O/c1-4-5-20(27)26(19-9-8-15-12-23-25(3)21(15)24-19)18-10-13(2)17(22)11-16(18)14-6-7-14/h8-12,14H,6-7H2,1-3H3. The van der Waals surface area contributed by atoms with Gasteiger partial charge in [0.05, 0.1) is 11.9 Å². The Morgan fingerprint density at radius 3 is 2.81 bits per heavy atom. The molecule has 1 fully saturated rings. The Kier molecular flexibility index (Phi) is 4.64. The maximum Gasteiger partial charge on any atom is 0.308 e. The van der Waals surface area contributed by atoms with Crippen molar-refractivity contribution in [2.24, 2.45) is 7.05 Å². The largest absolute Gasteiger partial charge is 0.308 e. The summed E-state index contributed by atoms with van der Waals surface area (Å²) >= 11 is 2.36. The maximum absolute atomic E-state index is 13.0. The molecule has 1 aliphatic rings. The second-order valence-electron chi connectivity index (χ2n) is 6.80. The molecule has 0 unspecified atom stereocenters. The van der Waals surface area contributed by atoms with Gasteiger partial charge in [-0.1, -0.05) is 5.92 Å².